The monoisotopic (exact) mass is 547 g/mol. The van der Waals surface area contributed by atoms with Crippen LogP contribution in [0.15, 0.2) is 18.2 Å². The van der Waals surface area contributed by atoms with Gasteiger partial charge in [0, 0.05) is 5.69 Å². The fourth-order valence-corrected chi connectivity index (χ4v) is 4.51. The Hall–Kier alpha value is -2.56. The molecule has 0 radical (unpaired) electrons. The van der Waals surface area contributed by atoms with Crippen LogP contribution in [0.1, 0.15) is 31.1 Å². The van der Waals surface area contributed by atoms with Gasteiger partial charge in [-0.3, -0.25) is 0 Å². The molecule has 2 fully saturated rings. The fraction of sp³-hybridized carbons (Fsp3) is 0.667. The molecule has 0 spiro atoms. The average molecular weight is 548 g/mol. The molecule has 0 bridgehead atoms. The summed E-state index contributed by atoms with van der Waals surface area (Å²) in [7, 11) is 1.75. The Morgan fingerprint density at radius 1 is 1.03 bits per heavy atom. The number of esters is 1. The third-order valence-electron chi connectivity index (χ3n) is 6.52. The molecule has 0 saturated carbocycles. The normalized spacial score (nSPS) is 35.1. The highest BCUT2D eigenvalue weighted by Gasteiger charge is 2.50. The smallest absolute Gasteiger partial charge is 0.342 e. The van der Waals surface area contributed by atoms with Crippen LogP contribution in [0.2, 0.25) is 0 Å². The predicted octanol–water partition coefficient (Wildman–Crippen LogP) is -2.61. The van der Waals surface area contributed by atoms with Crippen LogP contribution in [0.4, 0.5) is 5.69 Å². The maximum Gasteiger partial charge on any atom is 0.342 e. The summed E-state index contributed by atoms with van der Waals surface area (Å²) in [5.41, 5.74) is 5.75. The number of likely N-dealkylation sites (N-methyl/N-ethyl adjacent to an activating group) is 1. The van der Waals surface area contributed by atoms with E-state index in [0.717, 1.165) is 0 Å². The van der Waals surface area contributed by atoms with Crippen molar-refractivity contribution in [1.82, 2.24) is 0 Å². The number of quaternary nitrogens is 1. The van der Waals surface area contributed by atoms with Gasteiger partial charge in [-0.15, -0.1) is 0 Å². The molecular formula is C24H39N2O12+. The first-order valence-electron chi connectivity index (χ1n) is 12.4. The number of phenols is 1. The zero-order valence-corrected chi connectivity index (χ0v) is 21.7. The van der Waals surface area contributed by atoms with Gasteiger partial charge in [-0.05, 0) is 25.1 Å². The van der Waals surface area contributed by atoms with Crippen molar-refractivity contribution in [2.75, 3.05) is 26.0 Å². The molecular weight excluding hydrogens is 508 g/mol. The average Bonchev–Trinajstić information content (AvgIpc) is 2.89. The summed E-state index contributed by atoms with van der Waals surface area (Å²) >= 11 is 0. The minimum atomic E-state index is -1.86. The quantitative estimate of drug-likeness (QED) is 0.0947. The first kappa shape index (κ1) is 31.7. The number of carboxylic acid groups (broad SMARTS) is 1. The second kappa shape index (κ2) is 14.0. The van der Waals surface area contributed by atoms with Gasteiger partial charge in [-0.2, -0.15) is 0 Å². The van der Waals surface area contributed by atoms with E-state index in [1.807, 2.05) is 13.8 Å². The van der Waals surface area contributed by atoms with E-state index in [0.29, 0.717) is 0 Å². The van der Waals surface area contributed by atoms with Gasteiger partial charge in [0.25, 0.3) is 0 Å². The molecule has 14 heteroatoms. The number of nitrogen functional groups attached to an aromatic ring is 1. The number of rotatable bonds is 8. The molecule has 10 N–H and O–H groups in total. The summed E-state index contributed by atoms with van der Waals surface area (Å²) in [6, 6.07) is 3.57. The van der Waals surface area contributed by atoms with Crippen LogP contribution in [0.25, 0.3) is 0 Å². The predicted molar refractivity (Wildman–Crippen MR) is 130 cm³/mol. The minimum absolute atomic E-state index is 0.148. The fourth-order valence-electron chi connectivity index (χ4n) is 4.51. The molecule has 2 aliphatic rings. The van der Waals surface area contributed by atoms with E-state index in [9.17, 15) is 40.2 Å². The van der Waals surface area contributed by atoms with Gasteiger partial charge in [0.2, 0.25) is 0 Å². The van der Waals surface area contributed by atoms with Crippen molar-refractivity contribution in [3.05, 3.63) is 23.8 Å². The first-order chi connectivity index (χ1) is 18.0. The zero-order valence-electron chi connectivity index (χ0n) is 21.7. The molecule has 0 aliphatic carbocycles. The lowest BCUT2D eigenvalue weighted by Gasteiger charge is -2.43. The van der Waals surface area contributed by atoms with E-state index in [4.69, 9.17) is 24.7 Å². The third-order valence-corrected chi connectivity index (χ3v) is 6.52. The van der Waals surface area contributed by atoms with Crippen LogP contribution < -0.4 is 11.1 Å². The molecule has 38 heavy (non-hydrogen) atoms. The van der Waals surface area contributed by atoms with E-state index >= 15 is 0 Å². The number of phenolic OH excluding ortho intramolecular Hbond substituents is 1. The van der Waals surface area contributed by atoms with E-state index in [1.54, 1.807) is 19.3 Å². The maximum atomic E-state index is 12.4. The lowest BCUT2D eigenvalue weighted by molar-refractivity contribution is -0.685. The number of anilines is 1. The van der Waals surface area contributed by atoms with E-state index < -0.39 is 66.9 Å². The largest absolute Gasteiger partial charge is 0.507 e. The number of aromatic hydroxyl groups is 1. The van der Waals surface area contributed by atoms with Gasteiger partial charge in [0.15, 0.2) is 12.4 Å². The van der Waals surface area contributed by atoms with Crippen molar-refractivity contribution in [2.24, 2.45) is 5.92 Å². The minimum Gasteiger partial charge on any atom is -0.507 e. The van der Waals surface area contributed by atoms with Crippen LogP contribution in [-0.2, 0) is 23.7 Å². The van der Waals surface area contributed by atoms with Crippen LogP contribution in [-0.4, -0.2) is 118 Å². The number of carboxylic acids is 1. The van der Waals surface area contributed by atoms with E-state index in [2.05, 4.69) is 0 Å². The lowest BCUT2D eigenvalue weighted by atomic mass is 9.85. The van der Waals surface area contributed by atoms with Crippen LogP contribution in [0.3, 0.4) is 0 Å². The second-order valence-corrected chi connectivity index (χ2v) is 8.89. The summed E-state index contributed by atoms with van der Waals surface area (Å²) in [6.45, 7) is 5.13. The maximum absolute atomic E-state index is 12.4. The van der Waals surface area contributed by atoms with Crippen molar-refractivity contribution in [2.45, 2.75) is 75.8 Å². The van der Waals surface area contributed by atoms with Gasteiger partial charge < -0.3 is 60.6 Å². The molecule has 1 aromatic carbocycles. The molecule has 1 aromatic rings. The molecule has 14 nitrogen and oxygen atoms in total. The molecule has 2 aliphatic heterocycles. The summed E-state index contributed by atoms with van der Waals surface area (Å²) < 4.78 is 21.8. The van der Waals surface area contributed by atoms with Gasteiger partial charge in [-0.25, -0.2) is 9.59 Å². The number of benzene rings is 1. The van der Waals surface area contributed by atoms with Crippen molar-refractivity contribution < 1.29 is 64.5 Å². The standard InChI is InChI=1S/C22H32N2O12.C2H6/c1-8-14(24-2)11(6-34-22-18(29)16(27)17(28)19(36-22)20(30)31)15(26)13(35-8)7-33-21(32)10-5-9(23)3-4-12(10)25;1-2/h3-5,8,11,13-19,22,24-29H,6-7,23H2,1-2H3,(H,30,31);1-2H3/p+1/t8-,11-,13?,14?,15+,16+,17-,18?,19?,22+;/m0./s1. The highest BCUT2D eigenvalue weighted by molar-refractivity contribution is 5.93. The number of ether oxygens (including phenoxy) is 4. The van der Waals surface area contributed by atoms with Crippen molar-refractivity contribution in [3.8, 4) is 5.75 Å². The Labute approximate surface area is 219 Å². The number of aliphatic hydroxyl groups is 4. The Bertz CT molecular complexity index is 934. The number of hydrogen-bond donors (Lipinski definition) is 8. The Morgan fingerprint density at radius 3 is 2.29 bits per heavy atom. The molecule has 0 aromatic heterocycles. The summed E-state index contributed by atoms with van der Waals surface area (Å²) in [5, 5.41) is 61.9. The molecule has 3 rings (SSSR count). The molecule has 4 unspecified atom stereocenters. The first-order valence-corrected chi connectivity index (χ1v) is 12.4. The third kappa shape index (κ3) is 7.09. The summed E-state index contributed by atoms with van der Waals surface area (Å²) in [6.07, 6.45) is -11.5. The molecule has 2 heterocycles. The Balaban J connectivity index is 0.00000247. The summed E-state index contributed by atoms with van der Waals surface area (Å²) in [5.74, 6) is -3.40. The Kier molecular flexibility index (Phi) is 11.7. The van der Waals surface area contributed by atoms with Crippen molar-refractivity contribution >= 4 is 17.6 Å². The van der Waals surface area contributed by atoms with Gasteiger partial charge in [0.1, 0.15) is 54.5 Å². The van der Waals surface area contributed by atoms with Gasteiger partial charge >= 0.3 is 11.9 Å². The highest BCUT2D eigenvalue weighted by atomic mass is 16.7. The van der Waals surface area contributed by atoms with Crippen LogP contribution in [0.5, 0.6) is 5.75 Å². The van der Waals surface area contributed by atoms with Crippen LogP contribution >= 0.6 is 0 Å². The highest BCUT2D eigenvalue weighted by Crippen LogP contribution is 2.28. The van der Waals surface area contributed by atoms with Gasteiger partial charge in [-0.1, -0.05) is 13.8 Å². The number of nitrogens with two attached hydrogens (primary N) is 2. The molecule has 2 saturated heterocycles. The summed E-state index contributed by atoms with van der Waals surface area (Å²) in [4.78, 5) is 23.7. The topological polar surface area (TPSA) is 235 Å². The lowest BCUT2D eigenvalue weighted by Crippen LogP contribution is -2.93. The zero-order chi connectivity index (χ0) is 28.7. The molecule has 10 atom stereocenters. The van der Waals surface area contributed by atoms with E-state index in [-0.39, 0.29) is 36.3 Å². The molecule has 0 amide bonds. The SMILES string of the molecule is CC.C[NH2+]C1[C@H](C)OC(COC(=O)c2cc(N)ccc2O)[C@H](O)[C@H]1CO[C@@H]1OC(C(=O)O)[C@@H](O)[C@@H](O)C1O. The molecule has 216 valence electrons. The van der Waals surface area contributed by atoms with E-state index in [1.165, 1.54) is 18.2 Å². The second-order valence-electron chi connectivity index (χ2n) is 8.89. The number of aliphatic hydroxyl groups excluding tert-OH is 4. The van der Waals surface area contributed by atoms with Crippen LogP contribution in [0, 0.1) is 5.92 Å². The van der Waals surface area contributed by atoms with Crippen molar-refractivity contribution in [1.29, 1.82) is 0 Å². The Morgan fingerprint density at radius 2 is 1.68 bits per heavy atom. The van der Waals surface area contributed by atoms with Crippen molar-refractivity contribution in [3.63, 3.8) is 0 Å². The number of hydrogen-bond acceptors (Lipinski definition) is 12. The number of aliphatic carboxylic acids is 1. The number of carbonyl (C=O) groups excluding carboxylic acids is 1. The number of carbonyl (C=O) groups is 2. The van der Waals surface area contributed by atoms with Gasteiger partial charge in [0.05, 0.1) is 25.7 Å².